The molecule has 2 heterocycles. The molecule has 5 rings (SSSR count). The van der Waals surface area contributed by atoms with Gasteiger partial charge in [-0.15, -0.1) is 0 Å². The first-order valence-corrected chi connectivity index (χ1v) is 14.6. The quantitative estimate of drug-likeness (QED) is 0.270. The van der Waals surface area contributed by atoms with Crippen LogP contribution in [0.2, 0.25) is 0 Å². The van der Waals surface area contributed by atoms with E-state index in [9.17, 15) is 27.6 Å². The maximum Gasteiger partial charge on any atom is 0.491 e. The van der Waals surface area contributed by atoms with Crippen LogP contribution in [-0.4, -0.2) is 60.2 Å². The summed E-state index contributed by atoms with van der Waals surface area (Å²) in [6, 6.07) is 14.2. The van der Waals surface area contributed by atoms with Crippen molar-refractivity contribution in [3.63, 3.8) is 0 Å². The molecule has 7 nitrogen and oxygen atoms in total. The number of carbonyl (C=O) groups is 3. The van der Waals surface area contributed by atoms with Gasteiger partial charge in [-0.2, -0.15) is 13.2 Å². The molecule has 1 atom stereocenters. The number of nitrogens with one attached hydrogen (secondary N) is 1. The first-order valence-electron chi connectivity index (χ1n) is 14.6. The number of carbonyl (C=O) groups excluding carboxylic acids is 3. The zero-order valence-electron chi connectivity index (χ0n) is 23.7. The summed E-state index contributed by atoms with van der Waals surface area (Å²) in [5.41, 5.74) is 3.19. The van der Waals surface area contributed by atoms with Gasteiger partial charge in [0.15, 0.2) is 0 Å². The lowest BCUT2D eigenvalue weighted by atomic mass is 9.82. The Morgan fingerprint density at radius 3 is 2.40 bits per heavy atom. The average Bonchev–Trinajstić information content (AvgIpc) is 3.29. The Balaban J connectivity index is 1.56. The van der Waals surface area contributed by atoms with E-state index in [4.69, 9.17) is 0 Å². The van der Waals surface area contributed by atoms with Crippen LogP contribution in [0.25, 0.3) is 22.2 Å². The monoisotopic (exact) mass is 583 g/mol. The minimum atomic E-state index is -5.29. The Labute approximate surface area is 243 Å². The van der Waals surface area contributed by atoms with Gasteiger partial charge in [0.25, 0.3) is 0 Å². The molecule has 0 spiro atoms. The molecule has 10 heteroatoms. The molecule has 1 amide bonds. The number of benzene rings is 2. The third-order valence-electron chi connectivity index (χ3n) is 8.43. The Bertz CT molecular complexity index is 1440. The molecule has 1 aliphatic carbocycles. The zero-order chi connectivity index (χ0) is 29.9. The van der Waals surface area contributed by atoms with E-state index in [1.165, 1.54) is 12.1 Å². The minimum Gasteiger partial charge on any atom is -0.383 e. The number of nitrogens with zero attached hydrogens (tertiary/aromatic N) is 2. The van der Waals surface area contributed by atoms with Gasteiger partial charge >= 0.3 is 18.1 Å². The summed E-state index contributed by atoms with van der Waals surface area (Å²) >= 11 is 0. The molecule has 3 aromatic rings. The van der Waals surface area contributed by atoms with Crippen molar-refractivity contribution in [3.8, 4) is 11.3 Å². The second kappa shape index (κ2) is 12.7. The lowest BCUT2D eigenvalue weighted by Crippen LogP contribution is -2.40. The van der Waals surface area contributed by atoms with E-state index in [-0.39, 0.29) is 23.9 Å². The van der Waals surface area contributed by atoms with Crippen molar-refractivity contribution in [1.29, 1.82) is 0 Å². The van der Waals surface area contributed by atoms with Crippen LogP contribution in [0.4, 0.5) is 13.2 Å². The topological polar surface area (TPSA) is 80.6 Å². The molecule has 1 saturated heterocycles. The van der Waals surface area contributed by atoms with Gasteiger partial charge in [0.1, 0.15) is 6.54 Å². The predicted octanol–water partition coefficient (Wildman–Crippen LogP) is 6.06. The fourth-order valence-corrected chi connectivity index (χ4v) is 6.48. The molecule has 2 aliphatic rings. The number of piperidine rings is 1. The van der Waals surface area contributed by atoms with E-state index in [2.05, 4.69) is 22.0 Å². The highest BCUT2D eigenvalue weighted by molar-refractivity contribution is 6.02. The van der Waals surface area contributed by atoms with Gasteiger partial charge in [-0.05, 0) is 74.4 Å². The number of alkyl halides is 3. The van der Waals surface area contributed by atoms with Crippen LogP contribution in [0.15, 0.2) is 48.5 Å². The molecular formula is C32H36F3N3O4. The largest absolute Gasteiger partial charge is 0.491 e. The molecular weight excluding hydrogens is 547 g/mol. The third-order valence-corrected chi connectivity index (χ3v) is 8.43. The Hall–Kier alpha value is -3.66. The van der Waals surface area contributed by atoms with Gasteiger partial charge in [-0.25, -0.2) is 9.59 Å². The number of fused-ring (bicyclic) bond motifs is 1. The third kappa shape index (κ3) is 6.69. The summed E-state index contributed by atoms with van der Waals surface area (Å²) in [6.07, 6.45) is 2.09. The number of esters is 2. The van der Waals surface area contributed by atoms with Gasteiger partial charge in [-0.1, -0.05) is 55.7 Å². The molecule has 1 saturated carbocycles. The van der Waals surface area contributed by atoms with Crippen molar-refractivity contribution in [3.05, 3.63) is 59.7 Å². The molecule has 1 unspecified atom stereocenters. The smallest absolute Gasteiger partial charge is 0.383 e. The molecule has 42 heavy (non-hydrogen) atoms. The van der Waals surface area contributed by atoms with Gasteiger partial charge in [0, 0.05) is 18.5 Å². The Kier molecular flexibility index (Phi) is 9.01. The number of hydrogen-bond donors (Lipinski definition) is 1. The fourth-order valence-electron chi connectivity index (χ4n) is 6.48. The molecule has 2 aromatic carbocycles. The van der Waals surface area contributed by atoms with Crippen LogP contribution in [0.5, 0.6) is 0 Å². The van der Waals surface area contributed by atoms with Crippen molar-refractivity contribution >= 4 is 28.7 Å². The number of likely N-dealkylation sites (tertiary alicyclic amines) is 1. The van der Waals surface area contributed by atoms with E-state index in [1.54, 1.807) is 6.07 Å². The van der Waals surface area contributed by atoms with Crippen LogP contribution < -0.4 is 5.32 Å². The van der Waals surface area contributed by atoms with Crippen LogP contribution in [0, 0.1) is 5.92 Å². The number of ether oxygens (including phenoxy) is 1. The standard InChI is InChI=1S/C32H36F3N3O4/c1-37-16-8-9-21(19-37)18-36-27(39)20-38-26-17-24(30(40)42-31(41)32(33,34)35)14-15-25(26)28(22-10-4-2-5-11-22)29(38)23-12-6-3-7-13-23/h3,6-7,12-15,17,21-22H,2,4-5,8-11,16,18-20H2,1H3,(H,36,39). The highest BCUT2D eigenvalue weighted by Gasteiger charge is 2.42. The van der Waals surface area contributed by atoms with E-state index >= 15 is 0 Å². The van der Waals surface area contributed by atoms with Crippen molar-refractivity contribution in [2.45, 2.75) is 63.6 Å². The highest BCUT2D eigenvalue weighted by Crippen LogP contribution is 2.44. The minimum absolute atomic E-state index is 0.0318. The van der Waals surface area contributed by atoms with E-state index in [0.29, 0.717) is 18.0 Å². The van der Waals surface area contributed by atoms with Gasteiger partial charge < -0.3 is 19.5 Å². The van der Waals surface area contributed by atoms with Gasteiger partial charge in [0.2, 0.25) is 5.91 Å². The number of aromatic nitrogens is 1. The first-order chi connectivity index (χ1) is 20.1. The van der Waals surface area contributed by atoms with Gasteiger partial charge in [-0.3, -0.25) is 4.79 Å². The lowest BCUT2D eigenvalue weighted by molar-refractivity contribution is -0.193. The second-order valence-electron chi connectivity index (χ2n) is 11.5. The number of hydrogen-bond acceptors (Lipinski definition) is 5. The van der Waals surface area contributed by atoms with Crippen molar-refractivity contribution in [1.82, 2.24) is 14.8 Å². The maximum atomic E-state index is 13.4. The number of halogens is 3. The summed E-state index contributed by atoms with van der Waals surface area (Å²) in [4.78, 5) is 39.7. The lowest BCUT2D eigenvalue weighted by Gasteiger charge is -2.29. The van der Waals surface area contributed by atoms with Crippen LogP contribution in [0.3, 0.4) is 0 Å². The summed E-state index contributed by atoms with van der Waals surface area (Å²) in [5, 5.41) is 3.92. The molecule has 1 aliphatic heterocycles. The molecule has 0 radical (unpaired) electrons. The van der Waals surface area contributed by atoms with Crippen molar-refractivity contribution in [2.75, 3.05) is 26.7 Å². The maximum absolute atomic E-state index is 13.4. The summed E-state index contributed by atoms with van der Waals surface area (Å²) in [5.74, 6) is -3.56. The van der Waals surface area contributed by atoms with Crippen molar-refractivity contribution < 1.29 is 32.3 Å². The van der Waals surface area contributed by atoms with E-state index in [1.807, 2.05) is 34.9 Å². The number of amides is 1. The highest BCUT2D eigenvalue weighted by atomic mass is 19.4. The Morgan fingerprint density at radius 2 is 1.71 bits per heavy atom. The first kappa shape index (κ1) is 29.8. The molecule has 2 fully saturated rings. The van der Waals surface area contributed by atoms with E-state index < -0.39 is 18.1 Å². The molecule has 0 bridgehead atoms. The van der Waals surface area contributed by atoms with Crippen LogP contribution in [-0.2, 0) is 20.9 Å². The van der Waals surface area contributed by atoms with E-state index in [0.717, 1.165) is 80.2 Å². The summed E-state index contributed by atoms with van der Waals surface area (Å²) < 4.78 is 44.3. The van der Waals surface area contributed by atoms with Crippen LogP contribution >= 0.6 is 0 Å². The Morgan fingerprint density at radius 1 is 0.976 bits per heavy atom. The summed E-state index contributed by atoms with van der Waals surface area (Å²) in [6.45, 7) is 2.48. The normalized spacial score (nSPS) is 18.6. The SMILES string of the molecule is CN1CCCC(CNC(=O)Cn2c(-c3ccccc3)c(C3CCCCC3)c3ccc(C(=O)OC(=O)C(F)(F)F)cc32)C1. The zero-order valence-corrected chi connectivity index (χ0v) is 23.7. The fraction of sp³-hybridized carbons (Fsp3) is 0.469. The molecule has 224 valence electrons. The van der Waals surface area contributed by atoms with Crippen LogP contribution in [0.1, 0.15) is 66.8 Å². The molecule has 1 N–H and O–H groups in total. The number of rotatable bonds is 7. The average molecular weight is 584 g/mol. The van der Waals surface area contributed by atoms with Crippen molar-refractivity contribution in [2.24, 2.45) is 5.92 Å². The predicted molar refractivity (Wildman–Crippen MR) is 153 cm³/mol. The molecule has 1 aromatic heterocycles. The second-order valence-corrected chi connectivity index (χ2v) is 11.5. The van der Waals surface area contributed by atoms with Gasteiger partial charge in [0.05, 0.1) is 16.8 Å². The summed E-state index contributed by atoms with van der Waals surface area (Å²) in [7, 11) is 2.07.